The van der Waals surface area contributed by atoms with Gasteiger partial charge in [0.15, 0.2) is 0 Å². The largest absolute Gasteiger partial charge is 0.416 e. The first-order chi connectivity index (χ1) is 16.4. The molecule has 1 aromatic heterocycles. The maximum Gasteiger partial charge on any atom is 0.416 e. The molecular formula is C27H22F3N3O. The van der Waals surface area contributed by atoms with Crippen molar-refractivity contribution in [3.63, 3.8) is 0 Å². The number of H-pyrrole nitrogens is 1. The van der Waals surface area contributed by atoms with Gasteiger partial charge in [0, 0.05) is 11.1 Å². The van der Waals surface area contributed by atoms with Crippen molar-refractivity contribution in [2.45, 2.75) is 31.5 Å². The van der Waals surface area contributed by atoms with Gasteiger partial charge in [-0.05, 0) is 66.3 Å². The predicted octanol–water partition coefficient (Wildman–Crippen LogP) is 6.57. The van der Waals surface area contributed by atoms with Gasteiger partial charge < -0.3 is 5.32 Å². The third-order valence-electron chi connectivity index (χ3n) is 6.20. The van der Waals surface area contributed by atoms with Crippen LogP contribution in [0.5, 0.6) is 0 Å². The molecule has 1 aliphatic rings. The summed E-state index contributed by atoms with van der Waals surface area (Å²) in [6.07, 6.45) is -1.43. The lowest BCUT2D eigenvalue weighted by Crippen LogP contribution is -2.30. The number of halogens is 3. The fourth-order valence-corrected chi connectivity index (χ4v) is 4.42. The van der Waals surface area contributed by atoms with E-state index < -0.39 is 11.7 Å². The highest BCUT2D eigenvalue weighted by Crippen LogP contribution is 2.33. The third-order valence-corrected chi connectivity index (χ3v) is 6.20. The van der Waals surface area contributed by atoms with Crippen LogP contribution in [0.2, 0.25) is 0 Å². The van der Waals surface area contributed by atoms with Crippen LogP contribution in [-0.4, -0.2) is 16.1 Å². The van der Waals surface area contributed by atoms with Gasteiger partial charge in [0.1, 0.15) is 0 Å². The maximum absolute atomic E-state index is 13.0. The molecule has 1 heterocycles. The second kappa shape index (κ2) is 8.82. The van der Waals surface area contributed by atoms with E-state index >= 15 is 0 Å². The van der Waals surface area contributed by atoms with Crippen LogP contribution in [0, 0.1) is 0 Å². The minimum Gasteiger partial charge on any atom is -0.345 e. The molecule has 1 atom stereocenters. The fourth-order valence-electron chi connectivity index (χ4n) is 4.42. The standard InChI is InChI=1S/C27H22F3N3O/c28-27(29,30)21-8-3-7-20(15-21)25-16-24(32-33-25)18-11-13-19(14-12-18)26(34)31-23-10-4-6-17-5-1-2-9-22(17)23/h1-3,5,7-9,11-16,23H,4,6,10H2,(H,31,34)(H,32,33). The van der Waals surface area contributed by atoms with E-state index in [-0.39, 0.29) is 11.9 Å². The minimum atomic E-state index is -4.41. The Labute approximate surface area is 194 Å². The Morgan fingerprint density at radius 3 is 2.53 bits per heavy atom. The summed E-state index contributed by atoms with van der Waals surface area (Å²) in [5.74, 6) is -0.137. The summed E-state index contributed by atoms with van der Waals surface area (Å²) in [7, 11) is 0. The van der Waals surface area contributed by atoms with Crippen molar-refractivity contribution in [1.82, 2.24) is 15.5 Å². The van der Waals surface area contributed by atoms with Gasteiger partial charge in [0.2, 0.25) is 0 Å². The Balaban J connectivity index is 1.31. The molecule has 2 N–H and O–H groups in total. The number of amides is 1. The number of nitrogens with zero attached hydrogens (tertiary/aromatic N) is 1. The number of rotatable bonds is 4. The van der Waals surface area contributed by atoms with Crippen molar-refractivity contribution >= 4 is 5.91 Å². The van der Waals surface area contributed by atoms with E-state index in [4.69, 9.17) is 0 Å². The summed E-state index contributed by atoms with van der Waals surface area (Å²) in [6, 6.07) is 22.0. The SMILES string of the molecule is O=C(NC1CCCc2ccccc21)c1ccc(-c2cc(-c3cccc(C(F)(F)F)c3)n[nH]2)cc1. The van der Waals surface area contributed by atoms with Crippen LogP contribution in [0.25, 0.3) is 22.5 Å². The van der Waals surface area contributed by atoms with Crippen LogP contribution >= 0.6 is 0 Å². The van der Waals surface area contributed by atoms with Crippen molar-refractivity contribution in [3.8, 4) is 22.5 Å². The highest BCUT2D eigenvalue weighted by molar-refractivity contribution is 5.95. The van der Waals surface area contributed by atoms with Gasteiger partial charge in [-0.15, -0.1) is 0 Å². The average Bonchev–Trinajstić information content (AvgIpc) is 3.34. The lowest BCUT2D eigenvalue weighted by Gasteiger charge is -2.26. The zero-order valence-corrected chi connectivity index (χ0v) is 18.2. The number of benzene rings is 3. The molecule has 0 saturated carbocycles. The summed E-state index contributed by atoms with van der Waals surface area (Å²) in [5.41, 5.74) is 4.52. The number of hydrogen-bond acceptors (Lipinski definition) is 2. The van der Waals surface area contributed by atoms with Crippen LogP contribution < -0.4 is 5.32 Å². The molecule has 0 radical (unpaired) electrons. The molecular weight excluding hydrogens is 439 g/mol. The Bertz CT molecular complexity index is 1330. The molecule has 1 unspecified atom stereocenters. The topological polar surface area (TPSA) is 57.8 Å². The first kappa shape index (κ1) is 21.9. The summed E-state index contributed by atoms with van der Waals surface area (Å²) in [6.45, 7) is 0. The third kappa shape index (κ3) is 4.46. The van der Waals surface area contributed by atoms with E-state index in [2.05, 4.69) is 27.6 Å². The van der Waals surface area contributed by atoms with E-state index in [1.54, 1.807) is 36.4 Å². The van der Waals surface area contributed by atoms with Gasteiger partial charge >= 0.3 is 6.18 Å². The Morgan fingerprint density at radius 2 is 1.74 bits per heavy atom. The van der Waals surface area contributed by atoms with Crippen LogP contribution in [0.4, 0.5) is 13.2 Å². The van der Waals surface area contributed by atoms with Gasteiger partial charge in [0.05, 0.1) is 23.0 Å². The highest BCUT2D eigenvalue weighted by atomic mass is 19.4. The number of hydrogen-bond donors (Lipinski definition) is 2. The van der Waals surface area contributed by atoms with Gasteiger partial charge in [-0.1, -0.05) is 48.5 Å². The molecule has 0 bridgehead atoms. The van der Waals surface area contributed by atoms with E-state index in [9.17, 15) is 18.0 Å². The number of alkyl halides is 3. The first-order valence-corrected chi connectivity index (χ1v) is 11.1. The minimum absolute atomic E-state index is 0.000228. The second-order valence-electron chi connectivity index (χ2n) is 8.44. The van der Waals surface area contributed by atoms with E-state index in [1.807, 2.05) is 12.1 Å². The molecule has 4 aromatic rings. The number of aromatic amines is 1. The lowest BCUT2D eigenvalue weighted by atomic mass is 9.87. The Morgan fingerprint density at radius 1 is 0.941 bits per heavy atom. The molecule has 0 aliphatic heterocycles. The molecule has 1 amide bonds. The molecule has 7 heteroatoms. The summed E-state index contributed by atoms with van der Waals surface area (Å²) < 4.78 is 39.1. The molecule has 34 heavy (non-hydrogen) atoms. The summed E-state index contributed by atoms with van der Waals surface area (Å²) in [4.78, 5) is 12.8. The lowest BCUT2D eigenvalue weighted by molar-refractivity contribution is -0.137. The zero-order chi connectivity index (χ0) is 23.7. The number of fused-ring (bicyclic) bond motifs is 1. The smallest absolute Gasteiger partial charge is 0.345 e. The summed E-state index contributed by atoms with van der Waals surface area (Å²) in [5, 5.41) is 10.2. The number of nitrogens with one attached hydrogen (secondary N) is 2. The number of carbonyl (C=O) groups excluding carboxylic acids is 1. The van der Waals surface area contributed by atoms with E-state index in [0.717, 1.165) is 37.0 Å². The maximum atomic E-state index is 13.0. The number of aryl methyl sites for hydroxylation is 1. The van der Waals surface area contributed by atoms with Crippen LogP contribution in [0.15, 0.2) is 78.9 Å². The van der Waals surface area contributed by atoms with Gasteiger partial charge in [0.25, 0.3) is 5.91 Å². The Kier molecular flexibility index (Phi) is 5.69. The van der Waals surface area contributed by atoms with Gasteiger partial charge in [-0.25, -0.2) is 0 Å². The van der Waals surface area contributed by atoms with Crippen molar-refractivity contribution < 1.29 is 18.0 Å². The van der Waals surface area contributed by atoms with E-state index in [1.165, 1.54) is 17.2 Å². The summed E-state index contributed by atoms with van der Waals surface area (Å²) >= 11 is 0. The Hall–Kier alpha value is -3.87. The van der Waals surface area contributed by atoms with Gasteiger partial charge in [-0.2, -0.15) is 18.3 Å². The normalized spacial score (nSPS) is 15.6. The van der Waals surface area contributed by atoms with Crippen molar-refractivity contribution in [2.75, 3.05) is 0 Å². The van der Waals surface area contributed by atoms with Crippen molar-refractivity contribution in [1.29, 1.82) is 0 Å². The van der Waals surface area contributed by atoms with Crippen LogP contribution in [-0.2, 0) is 12.6 Å². The molecule has 0 fully saturated rings. The van der Waals surface area contributed by atoms with E-state index in [0.29, 0.717) is 22.5 Å². The van der Waals surface area contributed by atoms with Crippen molar-refractivity contribution in [2.24, 2.45) is 0 Å². The van der Waals surface area contributed by atoms with Gasteiger partial charge in [-0.3, -0.25) is 9.89 Å². The van der Waals surface area contributed by atoms with Crippen LogP contribution in [0.3, 0.4) is 0 Å². The van der Waals surface area contributed by atoms with Crippen LogP contribution in [0.1, 0.15) is 45.9 Å². The quantitative estimate of drug-likeness (QED) is 0.361. The molecule has 1 aliphatic carbocycles. The number of aromatic nitrogens is 2. The zero-order valence-electron chi connectivity index (χ0n) is 18.2. The fraction of sp³-hybridized carbons (Fsp3) is 0.185. The molecule has 3 aromatic carbocycles. The predicted molar refractivity (Wildman–Crippen MR) is 124 cm³/mol. The first-order valence-electron chi connectivity index (χ1n) is 11.1. The molecule has 5 rings (SSSR count). The second-order valence-corrected chi connectivity index (χ2v) is 8.44. The number of carbonyl (C=O) groups is 1. The molecule has 172 valence electrons. The monoisotopic (exact) mass is 461 g/mol. The van der Waals surface area contributed by atoms with Crippen molar-refractivity contribution in [3.05, 3.63) is 101 Å². The molecule has 4 nitrogen and oxygen atoms in total. The highest BCUT2D eigenvalue weighted by Gasteiger charge is 2.30. The average molecular weight is 461 g/mol. The molecule has 0 saturated heterocycles. The molecule has 0 spiro atoms.